The van der Waals surface area contributed by atoms with Crippen molar-refractivity contribution in [1.82, 2.24) is 10.3 Å². The van der Waals surface area contributed by atoms with E-state index in [9.17, 15) is 0 Å². The molecule has 1 fully saturated rings. The fourth-order valence-electron chi connectivity index (χ4n) is 1.86. The fraction of sp³-hybridized carbons (Fsp3) is 0.417. The molecule has 1 saturated heterocycles. The van der Waals surface area contributed by atoms with Gasteiger partial charge in [-0.1, -0.05) is 12.3 Å². The topological polar surface area (TPSA) is 24.9 Å². The van der Waals surface area contributed by atoms with Crippen molar-refractivity contribution >= 4 is 0 Å². The van der Waals surface area contributed by atoms with Crippen LogP contribution in [-0.2, 0) is 0 Å². The lowest BCUT2D eigenvalue weighted by atomic mass is 9.98. The highest BCUT2D eigenvalue weighted by molar-refractivity contribution is 5.33. The summed E-state index contributed by atoms with van der Waals surface area (Å²) < 4.78 is 0. The van der Waals surface area contributed by atoms with Gasteiger partial charge in [0, 0.05) is 24.0 Å². The first-order valence-corrected chi connectivity index (χ1v) is 5.05. The van der Waals surface area contributed by atoms with Gasteiger partial charge in [0.05, 0.1) is 0 Å². The highest BCUT2D eigenvalue weighted by Crippen LogP contribution is 2.22. The van der Waals surface area contributed by atoms with Crippen LogP contribution in [0.25, 0.3) is 0 Å². The van der Waals surface area contributed by atoms with Crippen molar-refractivity contribution in [2.24, 2.45) is 0 Å². The number of hydrogen-bond donors (Lipinski definition) is 1. The number of piperidine rings is 1. The molecular weight excluding hydrogens is 172 g/mol. The molecule has 2 rings (SSSR count). The zero-order valence-electron chi connectivity index (χ0n) is 8.16. The Bertz CT molecular complexity index is 346. The van der Waals surface area contributed by atoms with Crippen LogP contribution in [0.3, 0.4) is 0 Å². The van der Waals surface area contributed by atoms with Crippen LogP contribution in [0.4, 0.5) is 0 Å². The second-order valence-corrected chi connectivity index (χ2v) is 3.65. The molecule has 1 atom stereocenters. The predicted molar refractivity (Wildman–Crippen MR) is 56.8 cm³/mol. The smallest absolute Gasteiger partial charge is 0.0429 e. The van der Waals surface area contributed by atoms with Crippen LogP contribution < -0.4 is 5.32 Å². The second kappa shape index (κ2) is 4.26. The summed E-state index contributed by atoms with van der Waals surface area (Å²) in [5.74, 6) is 2.62. The van der Waals surface area contributed by atoms with Crippen molar-refractivity contribution in [1.29, 1.82) is 0 Å². The van der Waals surface area contributed by atoms with Gasteiger partial charge in [0.2, 0.25) is 0 Å². The van der Waals surface area contributed by atoms with Crippen LogP contribution in [0.2, 0.25) is 0 Å². The maximum atomic E-state index is 5.34. The van der Waals surface area contributed by atoms with E-state index in [1.54, 1.807) is 6.20 Å². The van der Waals surface area contributed by atoms with Crippen LogP contribution in [0.5, 0.6) is 0 Å². The Morgan fingerprint density at radius 2 is 2.36 bits per heavy atom. The molecule has 2 nitrogen and oxygen atoms in total. The van der Waals surface area contributed by atoms with E-state index in [-0.39, 0.29) is 0 Å². The van der Waals surface area contributed by atoms with Gasteiger partial charge in [0.1, 0.15) is 0 Å². The first-order valence-electron chi connectivity index (χ1n) is 5.05. The number of aromatic nitrogens is 1. The molecule has 0 bridgehead atoms. The third kappa shape index (κ3) is 1.94. The maximum absolute atomic E-state index is 5.34. The van der Waals surface area contributed by atoms with Gasteiger partial charge in [-0.15, -0.1) is 6.42 Å². The molecule has 1 aromatic heterocycles. The molecule has 0 aliphatic carbocycles. The first kappa shape index (κ1) is 9.23. The van der Waals surface area contributed by atoms with Crippen molar-refractivity contribution in [2.75, 3.05) is 6.54 Å². The maximum Gasteiger partial charge on any atom is 0.0429 e. The molecule has 0 radical (unpaired) electrons. The zero-order chi connectivity index (χ0) is 9.80. The third-order valence-corrected chi connectivity index (χ3v) is 2.64. The molecule has 1 aromatic rings. The van der Waals surface area contributed by atoms with E-state index >= 15 is 0 Å². The number of pyridine rings is 1. The summed E-state index contributed by atoms with van der Waals surface area (Å²) in [6.07, 6.45) is 12.7. The quantitative estimate of drug-likeness (QED) is 0.677. The van der Waals surface area contributed by atoms with Crippen LogP contribution in [0.15, 0.2) is 18.5 Å². The molecule has 0 saturated carbocycles. The largest absolute Gasteiger partial charge is 0.310 e. The summed E-state index contributed by atoms with van der Waals surface area (Å²) in [4.78, 5) is 4.15. The molecule has 1 aliphatic rings. The van der Waals surface area contributed by atoms with Crippen LogP contribution in [-0.4, -0.2) is 11.5 Å². The Morgan fingerprint density at radius 3 is 3.07 bits per heavy atom. The molecule has 0 aromatic carbocycles. The Labute approximate surface area is 84.7 Å². The highest BCUT2D eigenvalue weighted by atomic mass is 14.9. The molecule has 0 spiro atoms. The summed E-state index contributed by atoms with van der Waals surface area (Å²) in [5.41, 5.74) is 2.09. The van der Waals surface area contributed by atoms with E-state index in [0.717, 1.165) is 12.1 Å². The zero-order valence-corrected chi connectivity index (χ0v) is 8.16. The number of nitrogens with one attached hydrogen (secondary N) is 1. The van der Waals surface area contributed by atoms with Gasteiger partial charge in [-0.05, 0) is 31.0 Å². The SMILES string of the molecule is C#Cc1cncc(C2CCCCN2)c1. The van der Waals surface area contributed by atoms with Gasteiger partial charge >= 0.3 is 0 Å². The summed E-state index contributed by atoms with van der Waals surface area (Å²) >= 11 is 0. The standard InChI is InChI=1S/C12H14N2/c1-2-10-7-11(9-13-8-10)12-5-3-4-6-14-12/h1,7-9,12,14H,3-6H2. The normalized spacial score (nSPS) is 21.5. The minimum Gasteiger partial charge on any atom is -0.310 e. The Morgan fingerprint density at radius 1 is 1.43 bits per heavy atom. The van der Waals surface area contributed by atoms with E-state index in [1.807, 2.05) is 6.20 Å². The van der Waals surface area contributed by atoms with Crippen LogP contribution in [0.1, 0.15) is 36.4 Å². The lowest BCUT2D eigenvalue weighted by molar-refractivity contribution is 0.411. The number of terminal acetylenes is 1. The summed E-state index contributed by atoms with van der Waals surface area (Å²) in [6, 6.07) is 2.50. The van der Waals surface area contributed by atoms with E-state index in [0.29, 0.717) is 6.04 Å². The summed E-state index contributed by atoms with van der Waals surface area (Å²) in [5, 5.41) is 3.48. The molecular formula is C12H14N2. The van der Waals surface area contributed by atoms with Gasteiger partial charge in [-0.2, -0.15) is 0 Å². The molecule has 72 valence electrons. The van der Waals surface area contributed by atoms with Crippen molar-refractivity contribution in [3.8, 4) is 12.3 Å². The average molecular weight is 186 g/mol. The number of rotatable bonds is 1. The van der Waals surface area contributed by atoms with Crippen molar-refractivity contribution in [3.63, 3.8) is 0 Å². The molecule has 14 heavy (non-hydrogen) atoms. The van der Waals surface area contributed by atoms with Gasteiger partial charge in [-0.25, -0.2) is 0 Å². The highest BCUT2D eigenvalue weighted by Gasteiger charge is 2.14. The Kier molecular flexibility index (Phi) is 2.81. The van der Waals surface area contributed by atoms with E-state index in [1.165, 1.54) is 24.8 Å². The molecule has 2 heteroatoms. The Hall–Kier alpha value is -1.33. The van der Waals surface area contributed by atoms with Crippen LogP contribution in [0, 0.1) is 12.3 Å². The first-order chi connectivity index (χ1) is 6.90. The van der Waals surface area contributed by atoms with E-state index in [2.05, 4.69) is 22.3 Å². The van der Waals surface area contributed by atoms with Crippen molar-refractivity contribution in [3.05, 3.63) is 29.6 Å². The van der Waals surface area contributed by atoms with Crippen LogP contribution >= 0.6 is 0 Å². The van der Waals surface area contributed by atoms with Crippen molar-refractivity contribution < 1.29 is 0 Å². The second-order valence-electron chi connectivity index (χ2n) is 3.65. The minimum atomic E-state index is 0.449. The average Bonchev–Trinajstić information content (AvgIpc) is 2.30. The Balaban J connectivity index is 2.18. The van der Waals surface area contributed by atoms with Gasteiger partial charge in [-0.3, -0.25) is 4.98 Å². The van der Waals surface area contributed by atoms with E-state index < -0.39 is 0 Å². The molecule has 1 aliphatic heterocycles. The summed E-state index contributed by atoms with van der Waals surface area (Å²) in [7, 11) is 0. The van der Waals surface area contributed by atoms with Gasteiger partial charge < -0.3 is 5.32 Å². The lowest BCUT2D eigenvalue weighted by Gasteiger charge is -2.23. The van der Waals surface area contributed by atoms with E-state index in [4.69, 9.17) is 6.42 Å². The van der Waals surface area contributed by atoms with Crippen molar-refractivity contribution in [2.45, 2.75) is 25.3 Å². The molecule has 1 N–H and O–H groups in total. The monoisotopic (exact) mass is 186 g/mol. The fourth-order valence-corrected chi connectivity index (χ4v) is 1.86. The number of nitrogens with zero attached hydrogens (tertiary/aromatic N) is 1. The predicted octanol–water partition coefficient (Wildman–Crippen LogP) is 1.88. The number of hydrogen-bond acceptors (Lipinski definition) is 2. The third-order valence-electron chi connectivity index (χ3n) is 2.64. The van der Waals surface area contributed by atoms with Gasteiger partial charge in [0.15, 0.2) is 0 Å². The lowest BCUT2D eigenvalue weighted by Crippen LogP contribution is -2.26. The molecule has 0 amide bonds. The summed E-state index contributed by atoms with van der Waals surface area (Å²) in [6.45, 7) is 1.10. The molecule has 2 heterocycles. The minimum absolute atomic E-state index is 0.449. The molecule has 1 unspecified atom stereocenters. The van der Waals surface area contributed by atoms with Gasteiger partial charge in [0.25, 0.3) is 0 Å².